The van der Waals surface area contributed by atoms with Crippen LogP contribution in [0, 0.1) is 0 Å². The standard InChI is InChI=1S/C39H77NO5S/c1-3-5-7-9-11-13-15-17-19-21-23-25-27-29-31-33-35-39(42)40-37(36-46(43,44)45)38(41)34-32-30-28-26-24-22-20-18-16-14-12-10-8-6-4-2/h19,21,37-38,41H,3-18,20,22-36H2,1-2H3,(H,40,42)(H,43,44,45)/b21-19-. The Hall–Kier alpha value is -0.920. The largest absolute Gasteiger partial charge is 0.391 e. The minimum absolute atomic E-state index is 0.252. The monoisotopic (exact) mass is 672 g/mol. The molecule has 3 N–H and O–H groups in total. The molecule has 0 aliphatic rings. The molecule has 0 saturated carbocycles. The lowest BCUT2D eigenvalue weighted by Gasteiger charge is -2.23. The molecule has 0 radical (unpaired) electrons. The molecule has 0 saturated heterocycles. The van der Waals surface area contributed by atoms with Crippen molar-refractivity contribution in [3.8, 4) is 0 Å². The van der Waals surface area contributed by atoms with E-state index in [0.29, 0.717) is 12.8 Å². The van der Waals surface area contributed by atoms with Crippen LogP contribution in [0.3, 0.4) is 0 Å². The van der Waals surface area contributed by atoms with Gasteiger partial charge in [0, 0.05) is 6.42 Å². The minimum atomic E-state index is -4.31. The van der Waals surface area contributed by atoms with Crippen molar-refractivity contribution >= 4 is 16.0 Å². The maximum absolute atomic E-state index is 12.5. The van der Waals surface area contributed by atoms with Gasteiger partial charge in [0.15, 0.2) is 0 Å². The number of rotatable bonds is 36. The Balaban J connectivity index is 3.88. The van der Waals surface area contributed by atoms with Gasteiger partial charge in [0.25, 0.3) is 10.1 Å². The second-order valence-electron chi connectivity index (χ2n) is 13.9. The minimum Gasteiger partial charge on any atom is -0.391 e. The number of aliphatic hydroxyl groups is 1. The van der Waals surface area contributed by atoms with Crippen LogP contribution in [0.15, 0.2) is 12.2 Å². The van der Waals surface area contributed by atoms with E-state index in [2.05, 4.69) is 31.3 Å². The van der Waals surface area contributed by atoms with Gasteiger partial charge in [-0.15, -0.1) is 0 Å². The number of unbranched alkanes of at least 4 members (excludes halogenated alkanes) is 26. The van der Waals surface area contributed by atoms with Crippen molar-refractivity contribution in [2.24, 2.45) is 0 Å². The Bertz CT molecular complexity index is 785. The molecule has 0 aliphatic heterocycles. The van der Waals surface area contributed by atoms with Gasteiger partial charge in [0.05, 0.1) is 17.9 Å². The summed E-state index contributed by atoms with van der Waals surface area (Å²) in [4.78, 5) is 12.5. The summed E-state index contributed by atoms with van der Waals surface area (Å²) in [6, 6.07) is -0.970. The van der Waals surface area contributed by atoms with Gasteiger partial charge in [0.2, 0.25) is 5.91 Å². The summed E-state index contributed by atoms with van der Waals surface area (Å²) < 4.78 is 32.5. The molecule has 0 rings (SSSR count). The van der Waals surface area contributed by atoms with Crippen LogP contribution in [-0.2, 0) is 14.9 Å². The van der Waals surface area contributed by atoms with Crippen molar-refractivity contribution in [1.82, 2.24) is 5.32 Å². The highest BCUT2D eigenvalue weighted by Crippen LogP contribution is 2.16. The Kier molecular flexibility index (Phi) is 33.3. The predicted octanol–water partition coefficient (Wildman–Crippen LogP) is 11.4. The first kappa shape index (κ1) is 45.1. The van der Waals surface area contributed by atoms with Crippen LogP contribution in [0.1, 0.15) is 213 Å². The molecule has 1 amide bonds. The Morgan fingerprint density at radius 3 is 1.30 bits per heavy atom. The number of hydrogen-bond acceptors (Lipinski definition) is 4. The summed E-state index contributed by atoms with van der Waals surface area (Å²) in [7, 11) is -4.31. The molecule has 0 bridgehead atoms. The summed E-state index contributed by atoms with van der Waals surface area (Å²) in [5.41, 5.74) is 0. The van der Waals surface area contributed by atoms with Crippen molar-refractivity contribution < 1.29 is 22.9 Å². The first-order valence-electron chi connectivity index (χ1n) is 19.9. The van der Waals surface area contributed by atoms with E-state index in [1.807, 2.05) is 0 Å². The van der Waals surface area contributed by atoms with E-state index in [-0.39, 0.29) is 5.91 Å². The van der Waals surface area contributed by atoms with E-state index in [4.69, 9.17) is 0 Å². The predicted molar refractivity (Wildman–Crippen MR) is 198 cm³/mol. The van der Waals surface area contributed by atoms with Crippen molar-refractivity contribution in [1.29, 1.82) is 0 Å². The van der Waals surface area contributed by atoms with Gasteiger partial charge < -0.3 is 10.4 Å². The summed E-state index contributed by atoms with van der Waals surface area (Å²) in [6.07, 6.45) is 40.1. The number of aliphatic hydroxyl groups excluding tert-OH is 1. The Labute approximate surface area is 286 Å². The van der Waals surface area contributed by atoms with Crippen LogP contribution in [0.25, 0.3) is 0 Å². The molecule has 6 nitrogen and oxygen atoms in total. The fourth-order valence-corrected chi connectivity index (χ4v) is 6.97. The SMILES string of the molecule is CCCCCCCCC/C=C\CCCCCCCC(=O)NC(CS(=O)(=O)O)C(O)CCCCCCCCCCCCCCCCC. The van der Waals surface area contributed by atoms with E-state index in [9.17, 15) is 22.9 Å². The summed E-state index contributed by atoms with van der Waals surface area (Å²) in [5, 5.41) is 13.3. The fourth-order valence-electron chi connectivity index (χ4n) is 6.21. The van der Waals surface area contributed by atoms with E-state index >= 15 is 0 Å². The van der Waals surface area contributed by atoms with Gasteiger partial charge in [-0.25, -0.2) is 0 Å². The summed E-state index contributed by atoms with van der Waals surface area (Å²) in [6.45, 7) is 4.52. The Morgan fingerprint density at radius 1 is 0.565 bits per heavy atom. The maximum atomic E-state index is 12.5. The molecule has 0 aromatic heterocycles. The highest BCUT2D eigenvalue weighted by atomic mass is 32.2. The van der Waals surface area contributed by atoms with Gasteiger partial charge in [-0.05, 0) is 38.5 Å². The second-order valence-corrected chi connectivity index (χ2v) is 15.4. The lowest BCUT2D eigenvalue weighted by Crippen LogP contribution is -2.47. The van der Waals surface area contributed by atoms with E-state index in [0.717, 1.165) is 51.4 Å². The van der Waals surface area contributed by atoms with Crippen molar-refractivity contribution in [2.75, 3.05) is 5.75 Å². The number of allylic oxidation sites excluding steroid dienone is 2. The Morgan fingerprint density at radius 2 is 0.913 bits per heavy atom. The van der Waals surface area contributed by atoms with Gasteiger partial charge in [0.1, 0.15) is 0 Å². The van der Waals surface area contributed by atoms with Crippen LogP contribution < -0.4 is 5.32 Å². The van der Waals surface area contributed by atoms with Crippen molar-refractivity contribution in [3.05, 3.63) is 12.2 Å². The number of amides is 1. The first-order chi connectivity index (χ1) is 22.3. The highest BCUT2D eigenvalue weighted by Gasteiger charge is 2.26. The van der Waals surface area contributed by atoms with Gasteiger partial charge in [-0.1, -0.05) is 180 Å². The third kappa shape index (κ3) is 34.4. The van der Waals surface area contributed by atoms with Gasteiger partial charge in [-0.3, -0.25) is 9.35 Å². The van der Waals surface area contributed by atoms with Crippen LogP contribution in [0.2, 0.25) is 0 Å². The molecule has 2 atom stereocenters. The maximum Gasteiger partial charge on any atom is 0.266 e. The molecule has 2 unspecified atom stereocenters. The van der Waals surface area contributed by atoms with E-state index in [1.54, 1.807) is 0 Å². The third-order valence-electron chi connectivity index (χ3n) is 9.22. The lowest BCUT2D eigenvalue weighted by molar-refractivity contribution is -0.122. The molecule has 0 spiro atoms. The first-order valence-corrected chi connectivity index (χ1v) is 21.5. The molecule has 46 heavy (non-hydrogen) atoms. The zero-order valence-corrected chi connectivity index (χ0v) is 31.3. The smallest absolute Gasteiger partial charge is 0.266 e. The normalized spacial score (nSPS) is 13.4. The average molecular weight is 672 g/mol. The number of nitrogens with one attached hydrogen (secondary N) is 1. The van der Waals surface area contributed by atoms with Crippen LogP contribution in [0.5, 0.6) is 0 Å². The van der Waals surface area contributed by atoms with Crippen LogP contribution in [0.4, 0.5) is 0 Å². The third-order valence-corrected chi connectivity index (χ3v) is 10.0. The molecular formula is C39H77NO5S. The molecule has 0 heterocycles. The van der Waals surface area contributed by atoms with Crippen molar-refractivity contribution in [2.45, 2.75) is 225 Å². The van der Waals surface area contributed by atoms with E-state index < -0.39 is 28.0 Å². The zero-order chi connectivity index (χ0) is 34.0. The van der Waals surface area contributed by atoms with Crippen LogP contribution >= 0.6 is 0 Å². The molecule has 0 fully saturated rings. The molecule has 0 aromatic rings. The molecule has 0 aromatic carbocycles. The zero-order valence-electron chi connectivity index (χ0n) is 30.5. The topological polar surface area (TPSA) is 104 Å². The molecular weight excluding hydrogens is 594 g/mol. The van der Waals surface area contributed by atoms with Gasteiger partial charge in [-0.2, -0.15) is 8.42 Å². The van der Waals surface area contributed by atoms with Gasteiger partial charge >= 0.3 is 0 Å². The second kappa shape index (κ2) is 34.0. The number of carbonyl (C=O) groups is 1. The number of hydrogen-bond donors (Lipinski definition) is 3. The van der Waals surface area contributed by atoms with Crippen LogP contribution in [-0.4, -0.2) is 41.9 Å². The fraction of sp³-hybridized carbons (Fsp3) is 0.923. The summed E-state index contributed by atoms with van der Waals surface area (Å²) >= 11 is 0. The molecule has 274 valence electrons. The van der Waals surface area contributed by atoms with E-state index in [1.165, 1.54) is 135 Å². The summed E-state index contributed by atoms with van der Waals surface area (Å²) in [5.74, 6) is -0.900. The highest BCUT2D eigenvalue weighted by molar-refractivity contribution is 7.85. The molecule has 7 heteroatoms. The average Bonchev–Trinajstić information content (AvgIpc) is 3.01. The lowest BCUT2D eigenvalue weighted by atomic mass is 10.0. The molecule has 0 aliphatic carbocycles. The number of carbonyl (C=O) groups excluding carboxylic acids is 1. The van der Waals surface area contributed by atoms with Crippen molar-refractivity contribution in [3.63, 3.8) is 0 Å². The quantitative estimate of drug-likeness (QED) is 0.0349.